The monoisotopic (exact) mass is 530 g/mol. The fraction of sp³-hybridized carbons (Fsp3) is 0.214. The number of anilines is 3. The average Bonchev–Trinajstić information content (AvgIpc) is 2.95. The van der Waals surface area contributed by atoms with E-state index in [1.165, 1.54) is 0 Å². The van der Waals surface area contributed by atoms with Gasteiger partial charge < -0.3 is 21.3 Å². The zero-order valence-corrected chi connectivity index (χ0v) is 21.9. The number of rotatable bonds is 7. The number of likely N-dealkylation sites (N-methyl/N-ethyl adjacent to an activating group) is 1. The van der Waals surface area contributed by atoms with E-state index in [1.807, 2.05) is 66.7 Å². The van der Waals surface area contributed by atoms with Crippen LogP contribution in [-0.2, 0) is 0 Å². The molecule has 1 fully saturated rings. The van der Waals surface area contributed by atoms with Gasteiger partial charge in [0.15, 0.2) is 0 Å². The number of amides is 1. The van der Waals surface area contributed by atoms with Crippen molar-refractivity contribution in [3.8, 4) is 11.3 Å². The number of halogens is 1. The van der Waals surface area contributed by atoms with Crippen LogP contribution < -0.4 is 16.4 Å². The second kappa shape index (κ2) is 12.6. The van der Waals surface area contributed by atoms with Gasteiger partial charge in [0, 0.05) is 67.3 Å². The molecule has 5 rings (SSSR count). The fourth-order valence-electron chi connectivity index (χ4n) is 4.21. The number of benzene rings is 2. The van der Waals surface area contributed by atoms with Crippen molar-refractivity contribution in [3.63, 3.8) is 0 Å². The van der Waals surface area contributed by atoms with Crippen molar-refractivity contribution in [1.82, 2.24) is 24.8 Å². The van der Waals surface area contributed by atoms with Gasteiger partial charge in [-0.1, -0.05) is 12.1 Å². The second-order valence-electron chi connectivity index (χ2n) is 9.07. The third-order valence-corrected chi connectivity index (χ3v) is 6.46. The molecular weight excluding hydrogens is 500 g/mol. The van der Waals surface area contributed by atoms with E-state index in [0.29, 0.717) is 17.2 Å². The van der Waals surface area contributed by atoms with E-state index in [9.17, 15) is 4.79 Å². The number of nitrogens with zero attached hydrogens (tertiary/aromatic N) is 5. The van der Waals surface area contributed by atoms with Gasteiger partial charge in [0.1, 0.15) is 0 Å². The minimum Gasteiger partial charge on any atom is -0.324 e. The molecule has 1 saturated heterocycles. The quantitative estimate of drug-likeness (QED) is 0.326. The van der Waals surface area contributed by atoms with E-state index < -0.39 is 0 Å². The van der Waals surface area contributed by atoms with E-state index in [2.05, 4.69) is 42.4 Å². The first-order valence-corrected chi connectivity index (χ1v) is 12.3. The SMILES string of the molecule is CN1CCN(C(N)c2ccc(C(=O)Nc3ccc(Nc4nccc(-c5cccnc5)n4)cc3)cc2)CC1.Cl. The molecule has 1 atom stereocenters. The highest BCUT2D eigenvalue weighted by molar-refractivity contribution is 6.04. The zero-order valence-electron chi connectivity index (χ0n) is 21.1. The van der Waals surface area contributed by atoms with Crippen molar-refractivity contribution in [2.45, 2.75) is 6.17 Å². The van der Waals surface area contributed by atoms with Gasteiger partial charge in [-0.15, -0.1) is 12.4 Å². The van der Waals surface area contributed by atoms with E-state index in [4.69, 9.17) is 5.73 Å². The maximum Gasteiger partial charge on any atom is 0.255 e. The molecule has 0 spiro atoms. The van der Waals surface area contributed by atoms with Gasteiger partial charge in [-0.3, -0.25) is 14.7 Å². The molecule has 38 heavy (non-hydrogen) atoms. The Bertz CT molecular complexity index is 1330. The first kappa shape index (κ1) is 27.2. The number of hydrogen-bond acceptors (Lipinski definition) is 8. The molecule has 1 amide bonds. The zero-order chi connectivity index (χ0) is 25.6. The minimum absolute atomic E-state index is 0. The van der Waals surface area contributed by atoms with Gasteiger partial charge in [-0.25, -0.2) is 9.97 Å². The van der Waals surface area contributed by atoms with E-state index in [1.54, 1.807) is 18.6 Å². The van der Waals surface area contributed by atoms with Crippen molar-refractivity contribution in [3.05, 3.63) is 96.4 Å². The second-order valence-corrected chi connectivity index (χ2v) is 9.07. The highest BCUT2D eigenvalue weighted by Crippen LogP contribution is 2.21. The Morgan fingerprint density at radius 3 is 2.32 bits per heavy atom. The summed E-state index contributed by atoms with van der Waals surface area (Å²) in [4.78, 5) is 30.3. The fourth-order valence-corrected chi connectivity index (χ4v) is 4.21. The molecule has 0 radical (unpaired) electrons. The molecule has 1 aliphatic rings. The maximum absolute atomic E-state index is 12.8. The molecule has 10 heteroatoms. The molecule has 0 saturated carbocycles. The molecule has 2 aromatic heterocycles. The number of carbonyl (C=O) groups excluding carboxylic acids is 1. The topological polar surface area (TPSA) is 112 Å². The minimum atomic E-state index is -0.173. The standard InChI is InChI=1S/C28H30N8O.ClH/c1-35-15-17-36(18-16-35)26(29)20-4-6-21(7-5-20)27(37)32-23-8-10-24(11-9-23)33-28-31-14-12-25(34-28)22-3-2-13-30-19-22;/h2-14,19,26H,15-18,29H2,1H3,(H,32,37)(H,31,33,34);1H. The Labute approximate surface area is 228 Å². The summed E-state index contributed by atoms with van der Waals surface area (Å²) < 4.78 is 0. The van der Waals surface area contributed by atoms with Gasteiger partial charge in [-0.05, 0) is 67.2 Å². The maximum atomic E-state index is 12.8. The van der Waals surface area contributed by atoms with Gasteiger partial charge in [-0.2, -0.15) is 0 Å². The third-order valence-electron chi connectivity index (χ3n) is 6.46. The molecular formula is C28H31ClN8O. The van der Waals surface area contributed by atoms with E-state index in [-0.39, 0.29) is 24.5 Å². The lowest BCUT2D eigenvalue weighted by molar-refractivity contribution is 0.102. The predicted octanol–water partition coefficient (Wildman–Crippen LogP) is 4.16. The van der Waals surface area contributed by atoms with Crippen LogP contribution in [0.5, 0.6) is 0 Å². The van der Waals surface area contributed by atoms with Gasteiger partial charge >= 0.3 is 0 Å². The summed E-state index contributed by atoms with van der Waals surface area (Å²) in [7, 11) is 2.12. The number of nitrogens with one attached hydrogen (secondary N) is 2. The number of nitrogens with two attached hydrogens (primary N) is 1. The number of piperazine rings is 1. The van der Waals surface area contributed by atoms with Crippen LogP contribution in [0.3, 0.4) is 0 Å². The highest BCUT2D eigenvalue weighted by Gasteiger charge is 2.21. The number of pyridine rings is 1. The summed E-state index contributed by atoms with van der Waals surface area (Å²) in [6, 6.07) is 20.6. The molecule has 0 aliphatic carbocycles. The average molecular weight is 531 g/mol. The molecule has 196 valence electrons. The largest absolute Gasteiger partial charge is 0.324 e. The lowest BCUT2D eigenvalue weighted by Crippen LogP contribution is -2.48. The first-order valence-electron chi connectivity index (χ1n) is 12.3. The highest BCUT2D eigenvalue weighted by atomic mass is 35.5. The summed E-state index contributed by atoms with van der Waals surface area (Å²) in [6.07, 6.45) is 5.03. The van der Waals surface area contributed by atoms with Crippen LogP contribution in [-0.4, -0.2) is 63.9 Å². The Balaban J connectivity index is 0.00000336. The van der Waals surface area contributed by atoms with Crippen molar-refractivity contribution in [1.29, 1.82) is 0 Å². The van der Waals surface area contributed by atoms with E-state index in [0.717, 1.165) is 48.7 Å². The molecule has 0 bridgehead atoms. The lowest BCUT2D eigenvalue weighted by Gasteiger charge is -2.36. The van der Waals surface area contributed by atoms with Crippen molar-refractivity contribution in [2.75, 3.05) is 43.9 Å². The van der Waals surface area contributed by atoms with Crippen LogP contribution >= 0.6 is 12.4 Å². The predicted molar refractivity (Wildman–Crippen MR) is 153 cm³/mol. The number of hydrogen-bond donors (Lipinski definition) is 3. The summed E-state index contributed by atoms with van der Waals surface area (Å²) in [5.74, 6) is 0.306. The molecule has 1 unspecified atom stereocenters. The third kappa shape index (κ3) is 6.70. The van der Waals surface area contributed by atoms with Gasteiger partial charge in [0.05, 0.1) is 11.9 Å². The normalized spacial score (nSPS) is 14.8. The van der Waals surface area contributed by atoms with Crippen molar-refractivity contribution >= 4 is 35.6 Å². The van der Waals surface area contributed by atoms with Crippen LogP contribution in [0.2, 0.25) is 0 Å². The molecule has 3 heterocycles. The summed E-state index contributed by atoms with van der Waals surface area (Å²) >= 11 is 0. The molecule has 4 aromatic rings. The lowest BCUT2D eigenvalue weighted by atomic mass is 10.1. The van der Waals surface area contributed by atoms with Gasteiger partial charge in [0.25, 0.3) is 5.91 Å². The van der Waals surface area contributed by atoms with Gasteiger partial charge in [0.2, 0.25) is 5.95 Å². The summed E-state index contributed by atoms with van der Waals surface area (Å²) in [5.41, 5.74) is 11.2. The Kier molecular flexibility index (Phi) is 8.98. The van der Waals surface area contributed by atoms with Crippen LogP contribution in [0.1, 0.15) is 22.1 Å². The van der Waals surface area contributed by atoms with E-state index >= 15 is 0 Å². The van der Waals surface area contributed by atoms with Crippen LogP contribution in [0, 0.1) is 0 Å². The molecule has 2 aromatic carbocycles. The first-order chi connectivity index (χ1) is 18.0. The van der Waals surface area contributed by atoms with Crippen molar-refractivity contribution in [2.24, 2.45) is 5.73 Å². The number of carbonyl (C=O) groups is 1. The Morgan fingerprint density at radius 1 is 0.921 bits per heavy atom. The smallest absolute Gasteiger partial charge is 0.255 e. The number of aromatic nitrogens is 3. The van der Waals surface area contributed by atoms with Crippen molar-refractivity contribution < 1.29 is 4.79 Å². The molecule has 1 aliphatic heterocycles. The summed E-state index contributed by atoms with van der Waals surface area (Å²) in [6.45, 7) is 3.89. The Morgan fingerprint density at radius 2 is 1.63 bits per heavy atom. The molecule has 4 N–H and O–H groups in total. The molecule has 9 nitrogen and oxygen atoms in total. The van der Waals surface area contributed by atoms with Crippen LogP contribution in [0.15, 0.2) is 85.3 Å². The van der Waals surface area contributed by atoms with Crippen LogP contribution in [0.4, 0.5) is 17.3 Å². The van der Waals surface area contributed by atoms with Crippen LogP contribution in [0.25, 0.3) is 11.3 Å². The Hall–Kier alpha value is -3.89. The summed E-state index contributed by atoms with van der Waals surface area (Å²) in [5, 5.41) is 6.14.